The molecule has 3 saturated carbocycles. The first-order valence-corrected chi connectivity index (χ1v) is 9.08. The minimum atomic E-state index is -0.852. The summed E-state index contributed by atoms with van der Waals surface area (Å²) in [5, 5.41) is 12.1. The van der Waals surface area contributed by atoms with Gasteiger partial charge < -0.3 is 20.1 Å². The third kappa shape index (κ3) is 4.39. The number of carboxylic acid groups (broad SMARTS) is 1. The Morgan fingerprint density at radius 3 is 2.67 bits per heavy atom. The minimum Gasteiger partial charge on any atom is -0.480 e. The van der Waals surface area contributed by atoms with E-state index in [9.17, 15) is 9.59 Å². The van der Waals surface area contributed by atoms with Crippen LogP contribution in [0.2, 0.25) is 0 Å². The summed E-state index contributed by atoms with van der Waals surface area (Å²) in [6.07, 6.45) is 6.16. The van der Waals surface area contributed by atoms with E-state index in [1.165, 1.54) is 25.7 Å². The molecule has 136 valence electrons. The van der Waals surface area contributed by atoms with Crippen molar-refractivity contribution in [2.45, 2.75) is 44.2 Å². The van der Waals surface area contributed by atoms with Gasteiger partial charge in [-0.15, -0.1) is 0 Å². The molecule has 7 heteroatoms. The number of aliphatic carboxylic acids is 1. The topological polar surface area (TPSA) is 82.1 Å². The van der Waals surface area contributed by atoms with Crippen LogP contribution in [0.3, 0.4) is 0 Å². The standard InChI is InChI=1S/C17H29N3O4/c1-19(11-16(21)22)9-14-10-20(6-7-24-14)17(23)18-15-8-12-2-4-13(15)5-3-12/h12-15H,2-11H2,1H3,(H,18,23)(H,21,22). The van der Waals surface area contributed by atoms with Crippen LogP contribution in [0.1, 0.15) is 32.1 Å². The van der Waals surface area contributed by atoms with Crippen molar-refractivity contribution in [1.82, 2.24) is 15.1 Å². The van der Waals surface area contributed by atoms with Gasteiger partial charge in [0.2, 0.25) is 0 Å². The van der Waals surface area contributed by atoms with Crippen molar-refractivity contribution < 1.29 is 19.4 Å². The van der Waals surface area contributed by atoms with Gasteiger partial charge in [0.25, 0.3) is 0 Å². The number of urea groups is 1. The molecule has 2 N–H and O–H groups in total. The molecular weight excluding hydrogens is 310 g/mol. The third-order valence-corrected chi connectivity index (χ3v) is 5.70. The van der Waals surface area contributed by atoms with Gasteiger partial charge in [0.15, 0.2) is 0 Å². The fraction of sp³-hybridized carbons (Fsp3) is 0.882. The number of amides is 2. The minimum absolute atomic E-state index is 0.0155. The fourth-order valence-electron chi connectivity index (χ4n) is 4.46. The van der Waals surface area contributed by atoms with E-state index in [0.717, 1.165) is 12.3 Å². The number of fused-ring (bicyclic) bond motifs is 3. The summed E-state index contributed by atoms with van der Waals surface area (Å²) in [5.74, 6) is 0.593. The molecule has 0 spiro atoms. The van der Waals surface area contributed by atoms with E-state index in [4.69, 9.17) is 9.84 Å². The zero-order valence-electron chi connectivity index (χ0n) is 14.4. The molecular formula is C17H29N3O4. The number of rotatable bonds is 5. The number of carbonyl (C=O) groups is 2. The molecule has 2 atom stereocenters. The first-order valence-electron chi connectivity index (χ1n) is 9.08. The van der Waals surface area contributed by atoms with Crippen molar-refractivity contribution in [2.24, 2.45) is 11.8 Å². The van der Waals surface area contributed by atoms with Crippen molar-refractivity contribution in [3.63, 3.8) is 0 Å². The highest BCUT2D eigenvalue weighted by molar-refractivity contribution is 5.74. The van der Waals surface area contributed by atoms with Crippen LogP contribution in [-0.2, 0) is 9.53 Å². The molecule has 0 aromatic rings. The fourth-order valence-corrected chi connectivity index (χ4v) is 4.46. The lowest BCUT2D eigenvalue weighted by Crippen LogP contribution is -2.56. The van der Waals surface area contributed by atoms with Crippen LogP contribution >= 0.6 is 0 Å². The monoisotopic (exact) mass is 339 g/mol. The molecule has 4 aliphatic rings. The number of carbonyl (C=O) groups excluding carboxylic acids is 1. The molecule has 3 aliphatic carbocycles. The van der Waals surface area contributed by atoms with Gasteiger partial charge in [0.05, 0.1) is 19.3 Å². The van der Waals surface area contributed by atoms with Crippen LogP contribution in [0.5, 0.6) is 0 Å². The Morgan fingerprint density at radius 1 is 1.29 bits per heavy atom. The molecule has 4 rings (SSSR count). The Bertz CT molecular complexity index is 465. The zero-order chi connectivity index (χ0) is 17.1. The first kappa shape index (κ1) is 17.5. The molecule has 0 aromatic carbocycles. The summed E-state index contributed by atoms with van der Waals surface area (Å²) in [6.45, 7) is 2.14. The van der Waals surface area contributed by atoms with Crippen molar-refractivity contribution in [1.29, 1.82) is 0 Å². The number of likely N-dealkylation sites (N-methyl/N-ethyl adjacent to an activating group) is 1. The molecule has 2 bridgehead atoms. The summed E-state index contributed by atoms with van der Waals surface area (Å²) < 4.78 is 5.69. The van der Waals surface area contributed by atoms with E-state index < -0.39 is 5.97 Å². The molecule has 2 amide bonds. The van der Waals surface area contributed by atoms with Crippen molar-refractivity contribution in [3.8, 4) is 0 Å². The van der Waals surface area contributed by atoms with E-state index >= 15 is 0 Å². The van der Waals surface area contributed by atoms with Crippen molar-refractivity contribution >= 4 is 12.0 Å². The number of ether oxygens (including phenoxy) is 1. The summed E-state index contributed by atoms with van der Waals surface area (Å²) in [5.41, 5.74) is 0. The SMILES string of the molecule is CN(CC(=O)O)CC1CN(C(=O)NC2CC3CCC2CC3)CCO1. The van der Waals surface area contributed by atoms with E-state index in [0.29, 0.717) is 38.2 Å². The lowest BCUT2D eigenvalue weighted by atomic mass is 9.68. The average Bonchev–Trinajstić information content (AvgIpc) is 2.55. The second-order valence-corrected chi connectivity index (χ2v) is 7.60. The molecule has 0 aromatic heterocycles. The van der Waals surface area contributed by atoms with Crippen LogP contribution in [0.25, 0.3) is 0 Å². The van der Waals surface area contributed by atoms with E-state index in [-0.39, 0.29) is 18.7 Å². The Kier molecular flexibility index (Phi) is 5.61. The van der Waals surface area contributed by atoms with Gasteiger partial charge >= 0.3 is 12.0 Å². The normalized spacial score (nSPS) is 32.8. The second kappa shape index (κ2) is 7.70. The molecule has 0 radical (unpaired) electrons. The largest absolute Gasteiger partial charge is 0.480 e. The Hall–Kier alpha value is -1.34. The van der Waals surface area contributed by atoms with Gasteiger partial charge in [-0.25, -0.2) is 4.79 Å². The molecule has 4 fully saturated rings. The summed E-state index contributed by atoms with van der Waals surface area (Å²) in [4.78, 5) is 26.9. The zero-order valence-corrected chi connectivity index (χ0v) is 14.4. The van der Waals surface area contributed by atoms with Gasteiger partial charge in [-0.2, -0.15) is 0 Å². The maximum absolute atomic E-state index is 12.6. The third-order valence-electron chi connectivity index (χ3n) is 5.70. The van der Waals surface area contributed by atoms with Gasteiger partial charge in [-0.1, -0.05) is 12.8 Å². The molecule has 7 nitrogen and oxygen atoms in total. The maximum atomic E-state index is 12.6. The Morgan fingerprint density at radius 2 is 2.04 bits per heavy atom. The van der Waals surface area contributed by atoms with Crippen LogP contribution in [-0.4, -0.2) is 78.9 Å². The highest BCUT2D eigenvalue weighted by Crippen LogP contribution is 2.41. The van der Waals surface area contributed by atoms with Gasteiger partial charge in [-0.3, -0.25) is 9.69 Å². The van der Waals surface area contributed by atoms with Crippen LogP contribution in [0.15, 0.2) is 0 Å². The second-order valence-electron chi connectivity index (χ2n) is 7.60. The van der Waals surface area contributed by atoms with E-state index in [1.54, 1.807) is 11.9 Å². The lowest BCUT2D eigenvalue weighted by molar-refractivity contribution is -0.138. The quantitative estimate of drug-likeness (QED) is 0.781. The summed E-state index contributed by atoms with van der Waals surface area (Å²) in [6, 6.07) is 0.350. The molecule has 1 aliphatic heterocycles. The summed E-state index contributed by atoms with van der Waals surface area (Å²) >= 11 is 0. The smallest absolute Gasteiger partial charge is 0.317 e. The van der Waals surface area contributed by atoms with Gasteiger partial charge in [0.1, 0.15) is 0 Å². The number of nitrogens with one attached hydrogen (secondary N) is 1. The van der Waals surface area contributed by atoms with Crippen molar-refractivity contribution in [3.05, 3.63) is 0 Å². The predicted octanol–water partition coefficient (Wildman–Crippen LogP) is 0.992. The van der Waals surface area contributed by atoms with E-state index in [2.05, 4.69) is 5.32 Å². The van der Waals surface area contributed by atoms with Gasteiger partial charge in [-0.05, 0) is 38.1 Å². The number of hydrogen-bond donors (Lipinski definition) is 2. The lowest BCUT2D eigenvalue weighted by Gasteiger charge is -2.43. The molecule has 24 heavy (non-hydrogen) atoms. The average molecular weight is 339 g/mol. The maximum Gasteiger partial charge on any atom is 0.317 e. The summed E-state index contributed by atoms with van der Waals surface area (Å²) in [7, 11) is 1.76. The number of nitrogens with zero attached hydrogens (tertiary/aromatic N) is 2. The first-order chi connectivity index (χ1) is 11.5. The highest BCUT2D eigenvalue weighted by atomic mass is 16.5. The van der Waals surface area contributed by atoms with Crippen LogP contribution in [0, 0.1) is 11.8 Å². The highest BCUT2D eigenvalue weighted by Gasteiger charge is 2.37. The predicted molar refractivity (Wildman–Crippen MR) is 88.8 cm³/mol. The molecule has 1 heterocycles. The molecule has 1 saturated heterocycles. The van der Waals surface area contributed by atoms with E-state index in [1.807, 2.05) is 4.90 Å². The Balaban J connectivity index is 1.47. The number of morpholine rings is 1. The number of carboxylic acids is 1. The number of hydrogen-bond acceptors (Lipinski definition) is 4. The molecule has 2 unspecified atom stereocenters. The van der Waals surface area contributed by atoms with Crippen LogP contribution in [0.4, 0.5) is 4.79 Å². The van der Waals surface area contributed by atoms with Crippen LogP contribution < -0.4 is 5.32 Å². The Labute approximate surface area is 143 Å². The van der Waals surface area contributed by atoms with Crippen molar-refractivity contribution in [2.75, 3.05) is 39.8 Å². The van der Waals surface area contributed by atoms with Gasteiger partial charge in [0, 0.05) is 25.7 Å².